The molecule has 0 saturated heterocycles. The van der Waals surface area contributed by atoms with Crippen molar-refractivity contribution in [1.29, 1.82) is 0 Å². The molecule has 0 aliphatic heterocycles. The lowest BCUT2D eigenvalue weighted by molar-refractivity contribution is -0.111. The average Bonchev–Trinajstić information content (AvgIpc) is 3.08. The van der Waals surface area contributed by atoms with Gasteiger partial charge in [-0.15, -0.1) is 0 Å². The number of rotatable bonds is 6. The molecule has 1 N–H and O–H groups in total. The first-order chi connectivity index (χ1) is 13.7. The molecule has 3 rings (SSSR count). The van der Waals surface area contributed by atoms with Gasteiger partial charge in [0.2, 0.25) is 5.91 Å². The molecular formula is C20H19BrN4O3S. The number of benzene rings is 1. The van der Waals surface area contributed by atoms with E-state index in [-0.39, 0.29) is 11.7 Å². The van der Waals surface area contributed by atoms with Gasteiger partial charge >= 0.3 is 0 Å². The van der Waals surface area contributed by atoms with Crippen LogP contribution in [0.15, 0.2) is 59.6 Å². The second kappa shape index (κ2) is 8.71. The van der Waals surface area contributed by atoms with Gasteiger partial charge in [-0.2, -0.15) is 5.10 Å². The summed E-state index contributed by atoms with van der Waals surface area (Å²) in [6, 6.07) is 6.91. The highest BCUT2D eigenvalue weighted by atomic mass is 79.9. The Hall–Kier alpha value is -2.78. The highest BCUT2D eigenvalue weighted by molar-refractivity contribution is 9.10. The number of anilines is 1. The van der Waals surface area contributed by atoms with Gasteiger partial charge in [-0.25, -0.2) is 8.42 Å². The minimum Gasteiger partial charge on any atom is -0.323 e. The fourth-order valence-corrected chi connectivity index (χ4v) is 4.13. The molecule has 0 unspecified atom stereocenters. The molecule has 0 fully saturated rings. The van der Waals surface area contributed by atoms with Gasteiger partial charge in [-0.3, -0.25) is 14.5 Å². The van der Waals surface area contributed by atoms with Crippen LogP contribution in [-0.4, -0.2) is 35.3 Å². The Morgan fingerprint density at radius 1 is 1.28 bits per heavy atom. The van der Waals surface area contributed by atoms with Crippen molar-refractivity contribution in [1.82, 2.24) is 14.8 Å². The third-order valence-electron chi connectivity index (χ3n) is 4.01. The van der Waals surface area contributed by atoms with E-state index in [1.165, 1.54) is 12.3 Å². The molecule has 9 heteroatoms. The molecular weight excluding hydrogens is 456 g/mol. The number of amides is 1. The van der Waals surface area contributed by atoms with Crippen LogP contribution >= 0.6 is 15.9 Å². The minimum absolute atomic E-state index is 0.114. The molecule has 1 amide bonds. The van der Waals surface area contributed by atoms with Gasteiger partial charge in [0.15, 0.2) is 9.84 Å². The van der Waals surface area contributed by atoms with E-state index in [1.807, 2.05) is 19.3 Å². The van der Waals surface area contributed by atoms with Crippen molar-refractivity contribution >= 4 is 43.4 Å². The number of nitrogens with one attached hydrogen (secondary N) is 1. The van der Waals surface area contributed by atoms with E-state index in [4.69, 9.17) is 0 Å². The van der Waals surface area contributed by atoms with E-state index in [0.717, 1.165) is 16.7 Å². The van der Waals surface area contributed by atoms with Crippen LogP contribution < -0.4 is 5.32 Å². The summed E-state index contributed by atoms with van der Waals surface area (Å²) < 4.78 is 25.5. The van der Waals surface area contributed by atoms with Crippen molar-refractivity contribution in [3.8, 4) is 11.1 Å². The van der Waals surface area contributed by atoms with E-state index < -0.39 is 9.84 Å². The Balaban J connectivity index is 1.77. The third kappa shape index (κ3) is 5.85. The standard InChI is InChI=1S/C20H19BrN4O3S/c1-25-12-16(11-23-25)18-7-8-22-10-14(18)3-6-20(26)24-17-4-5-19(21)15(9-17)13-29(2,27)28/h3-12H,13H2,1-2H3,(H,24,26)/b6-3+. The molecule has 3 aromatic rings. The predicted octanol–water partition coefficient (Wildman–Crippen LogP) is 3.44. The van der Waals surface area contributed by atoms with Gasteiger partial charge < -0.3 is 5.32 Å². The van der Waals surface area contributed by atoms with Crippen LogP contribution in [0, 0.1) is 0 Å². The van der Waals surface area contributed by atoms with Crippen molar-refractivity contribution in [3.63, 3.8) is 0 Å². The number of nitrogens with zero attached hydrogens (tertiary/aromatic N) is 3. The highest BCUT2D eigenvalue weighted by Gasteiger charge is 2.10. The van der Waals surface area contributed by atoms with Crippen molar-refractivity contribution in [3.05, 3.63) is 70.7 Å². The molecule has 150 valence electrons. The zero-order chi connectivity index (χ0) is 21.0. The lowest BCUT2D eigenvalue weighted by Gasteiger charge is -2.08. The van der Waals surface area contributed by atoms with E-state index in [1.54, 1.807) is 47.5 Å². The SMILES string of the molecule is Cn1cc(-c2ccncc2/C=C/C(=O)Nc2ccc(Br)c(CS(C)(=O)=O)c2)cn1. The Labute approximate surface area is 177 Å². The second-order valence-electron chi connectivity index (χ2n) is 6.56. The highest BCUT2D eigenvalue weighted by Crippen LogP contribution is 2.24. The van der Waals surface area contributed by atoms with Crippen LogP contribution in [0.4, 0.5) is 5.69 Å². The number of pyridine rings is 1. The molecule has 0 saturated carbocycles. The molecule has 2 heterocycles. The van der Waals surface area contributed by atoms with Crippen LogP contribution in [0.1, 0.15) is 11.1 Å². The van der Waals surface area contributed by atoms with Crippen molar-refractivity contribution in [2.75, 3.05) is 11.6 Å². The minimum atomic E-state index is -3.19. The predicted molar refractivity (Wildman–Crippen MR) is 117 cm³/mol. The van der Waals surface area contributed by atoms with Crippen LogP contribution in [0.2, 0.25) is 0 Å². The Kier molecular flexibility index (Phi) is 6.29. The molecule has 29 heavy (non-hydrogen) atoms. The summed E-state index contributed by atoms with van der Waals surface area (Å²) in [6.07, 6.45) is 11.3. The summed E-state index contributed by atoms with van der Waals surface area (Å²) in [6.45, 7) is 0. The first-order valence-corrected chi connectivity index (χ1v) is 11.4. The maximum Gasteiger partial charge on any atom is 0.248 e. The quantitative estimate of drug-likeness (QED) is 0.552. The first-order valence-electron chi connectivity index (χ1n) is 8.59. The number of carbonyl (C=O) groups excluding carboxylic acids is 1. The lowest BCUT2D eigenvalue weighted by Crippen LogP contribution is -2.09. The van der Waals surface area contributed by atoms with Crippen LogP contribution in [-0.2, 0) is 27.4 Å². The third-order valence-corrected chi connectivity index (χ3v) is 5.62. The molecule has 0 bridgehead atoms. The summed E-state index contributed by atoms with van der Waals surface area (Å²) >= 11 is 3.34. The van der Waals surface area contributed by atoms with Gasteiger partial charge in [-0.1, -0.05) is 15.9 Å². The second-order valence-corrected chi connectivity index (χ2v) is 9.56. The van der Waals surface area contributed by atoms with Crippen LogP contribution in [0.5, 0.6) is 0 Å². The van der Waals surface area contributed by atoms with E-state index in [0.29, 0.717) is 15.7 Å². The van der Waals surface area contributed by atoms with E-state index in [2.05, 4.69) is 31.3 Å². The number of aryl methyl sites for hydroxylation is 1. The summed E-state index contributed by atoms with van der Waals surface area (Å²) in [5.41, 5.74) is 3.72. The maximum atomic E-state index is 12.4. The Bertz CT molecular complexity index is 1190. The number of hydrogen-bond acceptors (Lipinski definition) is 5. The molecule has 0 aliphatic rings. The zero-order valence-electron chi connectivity index (χ0n) is 15.8. The van der Waals surface area contributed by atoms with Crippen molar-refractivity contribution < 1.29 is 13.2 Å². The van der Waals surface area contributed by atoms with Crippen LogP contribution in [0.25, 0.3) is 17.2 Å². The monoisotopic (exact) mass is 474 g/mol. The van der Waals surface area contributed by atoms with Gasteiger partial charge in [0.1, 0.15) is 0 Å². The number of hydrogen-bond donors (Lipinski definition) is 1. The van der Waals surface area contributed by atoms with Gasteiger partial charge in [-0.05, 0) is 41.5 Å². The normalized spacial score (nSPS) is 11.7. The first kappa shape index (κ1) is 20.9. The molecule has 0 atom stereocenters. The lowest BCUT2D eigenvalue weighted by atomic mass is 10.0. The van der Waals surface area contributed by atoms with E-state index in [9.17, 15) is 13.2 Å². The van der Waals surface area contributed by atoms with Gasteiger partial charge in [0, 0.05) is 59.3 Å². The molecule has 0 aliphatic carbocycles. The maximum absolute atomic E-state index is 12.4. The molecule has 0 radical (unpaired) electrons. The summed E-state index contributed by atoms with van der Waals surface area (Å²) in [5.74, 6) is -0.448. The molecule has 7 nitrogen and oxygen atoms in total. The number of sulfone groups is 1. The molecule has 1 aromatic carbocycles. The number of halogens is 1. The fourth-order valence-electron chi connectivity index (χ4n) is 2.76. The Morgan fingerprint density at radius 2 is 2.07 bits per heavy atom. The summed E-state index contributed by atoms with van der Waals surface area (Å²) in [5, 5.41) is 6.92. The Morgan fingerprint density at radius 3 is 2.76 bits per heavy atom. The largest absolute Gasteiger partial charge is 0.323 e. The topological polar surface area (TPSA) is 94.0 Å². The van der Waals surface area contributed by atoms with E-state index >= 15 is 0 Å². The van der Waals surface area contributed by atoms with Gasteiger partial charge in [0.25, 0.3) is 0 Å². The van der Waals surface area contributed by atoms with Crippen LogP contribution in [0.3, 0.4) is 0 Å². The number of aromatic nitrogens is 3. The molecule has 2 aromatic heterocycles. The molecule has 0 spiro atoms. The summed E-state index contributed by atoms with van der Waals surface area (Å²) in [7, 11) is -1.35. The fraction of sp³-hybridized carbons (Fsp3) is 0.150. The van der Waals surface area contributed by atoms with Crippen molar-refractivity contribution in [2.24, 2.45) is 7.05 Å². The average molecular weight is 475 g/mol. The number of carbonyl (C=O) groups is 1. The zero-order valence-corrected chi connectivity index (χ0v) is 18.2. The van der Waals surface area contributed by atoms with Crippen molar-refractivity contribution in [2.45, 2.75) is 5.75 Å². The van der Waals surface area contributed by atoms with Gasteiger partial charge in [0.05, 0.1) is 11.9 Å². The summed E-state index contributed by atoms with van der Waals surface area (Å²) in [4.78, 5) is 16.5. The smallest absolute Gasteiger partial charge is 0.248 e.